The van der Waals surface area contributed by atoms with Crippen LogP contribution < -0.4 is 10.6 Å². The molecule has 7 heteroatoms. The molecule has 1 aliphatic carbocycles. The molecule has 27 heavy (non-hydrogen) atoms. The van der Waals surface area contributed by atoms with Gasteiger partial charge in [-0.2, -0.15) is 0 Å². The Balaban J connectivity index is 0.00000364. The van der Waals surface area contributed by atoms with Crippen LogP contribution in [-0.4, -0.2) is 50.5 Å². The standard InChI is InChI=1S/C20H31FN4O.HI/c1-4-22-19(23-13-10-16-8-7-9-17(21)14-16)24-15-20(11-5-6-12-20)18(26)25(2)3;/h7-9,14H,4-6,10-13,15H2,1-3H3,(H2,22,23,24);1H. The third-order valence-corrected chi connectivity index (χ3v) is 4.90. The van der Waals surface area contributed by atoms with E-state index in [9.17, 15) is 9.18 Å². The predicted molar refractivity (Wildman–Crippen MR) is 119 cm³/mol. The van der Waals surface area contributed by atoms with Crippen LogP contribution in [0.2, 0.25) is 0 Å². The van der Waals surface area contributed by atoms with E-state index in [1.165, 1.54) is 6.07 Å². The Morgan fingerprint density at radius 3 is 2.56 bits per heavy atom. The van der Waals surface area contributed by atoms with Crippen molar-refractivity contribution in [2.75, 3.05) is 33.7 Å². The van der Waals surface area contributed by atoms with Crippen LogP contribution in [0, 0.1) is 11.2 Å². The summed E-state index contributed by atoms with van der Waals surface area (Å²) in [6.45, 7) is 3.92. The fraction of sp³-hybridized carbons (Fsp3) is 0.600. The summed E-state index contributed by atoms with van der Waals surface area (Å²) in [7, 11) is 3.63. The molecule has 0 aromatic heterocycles. The summed E-state index contributed by atoms with van der Waals surface area (Å²) in [5.41, 5.74) is 0.581. The van der Waals surface area contributed by atoms with Crippen molar-refractivity contribution in [1.82, 2.24) is 15.5 Å². The van der Waals surface area contributed by atoms with Crippen molar-refractivity contribution in [2.24, 2.45) is 10.4 Å². The molecule has 1 aliphatic rings. The molecule has 152 valence electrons. The summed E-state index contributed by atoms with van der Waals surface area (Å²) in [6.07, 6.45) is 4.67. The zero-order valence-electron chi connectivity index (χ0n) is 16.6. The largest absolute Gasteiger partial charge is 0.357 e. The SMILES string of the molecule is CCNC(=NCC1(C(=O)N(C)C)CCCC1)NCCc1cccc(F)c1.I. The Morgan fingerprint density at radius 1 is 1.26 bits per heavy atom. The number of hydrogen-bond donors (Lipinski definition) is 2. The summed E-state index contributed by atoms with van der Waals surface area (Å²) in [4.78, 5) is 19.0. The summed E-state index contributed by atoms with van der Waals surface area (Å²) in [5.74, 6) is 0.671. The molecule has 1 aromatic carbocycles. The number of nitrogens with one attached hydrogen (secondary N) is 2. The maximum absolute atomic E-state index is 13.3. The van der Waals surface area contributed by atoms with Crippen LogP contribution in [-0.2, 0) is 11.2 Å². The van der Waals surface area contributed by atoms with Gasteiger partial charge in [-0.1, -0.05) is 25.0 Å². The molecule has 0 aliphatic heterocycles. The smallest absolute Gasteiger partial charge is 0.230 e. The summed E-state index contributed by atoms with van der Waals surface area (Å²) < 4.78 is 13.3. The molecule has 2 N–H and O–H groups in total. The molecule has 1 aromatic rings. The average Bonchev–Trinajstić information content (AvgIpc) is 3.09. The molecule has 0 saturated heterocycles. The number of rotatable bonds is 7. The summed E-state index contributed by atoms with van der Waals surface area (Å²) in [6, 6.07) is 6.64. The maximum Gasteiger partial charge on any atom is 0.230 e. The van der Waals surface area contributed by atoms with Gasteiger partial charge in [0.15, 0.2) is 5.96 Å². The van der Waals surface area contributed by atoms with Gasteiger partial charge in [-0.15, -0.1) is 24.0 Å². The number of amides is 1. The van der Waals surface area contributed by atoms with Crippen LogP contribution in [0.4, 0.5) is 4.39 Å². The van der Waals surface area contributed by atoms with Crippen molar-refractivity contribution in [3.8, 4) is 0 Å². The second kappa shape index (κ2) is 11.5. The number of carbonyl (C=O) groups is 1. The Bertz CT molecular complexity index is 630. The zero-order valence-corrected chi connectivity index (χ0v) is 18.9. The summed E-state index contributed by atoms with van der Waals surface area (Å²) >= 11 is 0. The minimum atomic E-state index is -0.367. The van der Waals surface area contributed by atoms with E-state index < -0.39 is 0 Å². The van der Waals surface area contributed by atoms with Gasteiger partial charge in [0.2, 0.25) is 5.91 Å². The fourth-order valence-electron chi connectivity index (χ4n) is 3.56. The molecular weight excluding hydrogens is 458 g/mol. The molecule has 0 spiro atoms. The van der Waals surface area contributed by atoms with Gasteiger partial charge in [-0.25, -0.2) is 4.39 Å². The lowest BCUT2D eigenvalue weighted by Gasteiger charge is -2.29. The third kappa shape index (κ3) is 6.93. The van der Waals surface area contributed by atoms with E-state index in [0.29, 0.717) is 25.5 Å². The first-order chi connectivity index (χ1) is 12.5. The molecule has 0 bridgehead atoms. The molecule has 2 rings (SSSR count). The number of carbonyl (C=O) groups excluding carboxylic acids is 1. The van der Waals surface area contributed by atoms with Crippen molar-refractivity contribution >= 4 is 35.8 Å². The van der Waals surface area contributed by atoms with E-state index in [1.54, 1.807) is 17.0 Å². The van der Waals surface area contributed by atoms with Gasteiger partial charge >= 0.3 is 0 Å². The lowest BCUT2D eigenvalue weighted by atomic mass is 9.85. The Labute approximate surface area is 179 Å². The molecule has 0 unspecified atom stereocenters. The molecule has 1 fully saturated rings. The number of guanidine groups is 1. The quantitative estimate of drug-likeness (QED) is 0.351. The van der Waals surface area contributed by atoms with Gasteiger partial charge in [0.25, 0.3) is 0 Å². The normalized spacial score (nSPS) is 15.8. The lowest BCUT2D eigenvalue weighted by Crippen LogP contribution is -2.43. The molecule has 0 radical (unpaired) electrons. The van der Waals surface area contributed by atoms with Crippen molar-refractivity contribution in [3.63, 3.8) is 0 Å². The van der Waals surface area contributed by atoms with E-state index in [0.717, 1.165) is 37.8 Å². The van der Waals surface area contributed by atoms with Crippen LogP contribution in [0.5, 0.6) is 0 Å². The zero-order chi connectivity index (χ0) is 19.0. The summed E-state index contributed by atoms with van der Waals surface area (Å²) in [5, 5.41) is 6.52. The highest BCUT2D eigenvalue weighted by atomic mass is 127. The van der Waals surface area contributed by atoms with E-state index in [-0.39, 0.29) is 41.1 Å². The van der Waals surface area contributed by atoms with Gasteiger partial charge in [0.05, 0.1) is 12.0 Å². The number of halogens is 2. The monoisotopic (exact) mass is 490 g/mol. The molecule has 5 nitrogen and oxygen atoms in total. The van der Waals surface area contributed by atoms with Crippen molar-refractivity contribution in [1.29, 1.82) is 0 Å². The minimum Gasteiger partial charge on any atom is -0.357 e. The number of benzene rings is 1. The first-order valence-corrected chi connectivity index (χ1v) is 9.45. The Kier molecular flexibility index (Phi) is 10.0. The average molecular weight is 490 g/mol. The number of hydrogen-bond acceptors (Lipinski definition) is 2. The molecule has 1 amide bonds. The van der Waals surface area contributed by atoms with Gasteiger partial charge in [-0.05, 0) is 43.9 Å². The molecular formula is C20H32FIN4O. The van der Waals surface area contributed by atoms with E-state index in [1.807, 2.05) is 27.1 Å². The van der Waals surface area contributed by atoms with Gasteiger partial charge in [-0.3, -0.25) is 9.79 Å². The van der Waals surface area contributed by atoms with Crippen molar-refractivity contribution < 1.29 is 9.18 Å². The molecule has 0 heterocycles. The van der Waals surface area contributed by atoms with E-state index >= 15 is 0 Å². The number of nitrogens with zero attached hydrogens (tertiary/aromatic N) is 2. The van der Waals surface area contributed by atoms with Gasteiger partial charge < -0.3 is 15.5 Å². The van der Waals surface area contributed by atoms with Crippen LogP contribution in [0.15, 0.2) is 29.3 Å². The highest BCUT2D eigenvalue weighted by Gasteiger charge is 2.41. The van der Waals surface area contributed by atoms with E-state index in [2.05, 4.69) is 10.6 Å². The molecule has 0 atom stereocenters. The maximum atomic E-state index is 13.3. The second-order valence-corrected chi connectivity index (χ2v) is 7.19. The van der Waals surface area contributed by atoms with Crippen LogP contribution >= 0.6 is 24.0 Å². The highest BCUT2D eigenvalue weighted by Crippen LogP contribution is 2.39. The number of aliphatic imine (C=N–C) groups is 1. The Hall–Kier alpha value is -1.38. The Morgan fingerprint density at radius 2 is 1.96 bits per heavy atom. The molecule has 1 saturated carbocycles. The first kappa shape index (κ1) is 23.7. The minimum absolute atomic E-state index is 0. The van der Waals surface area contributed by atoms with Crippen molar-refractivity contribution in [3.05, 3.63) is 35.6 Å². The van der Waals surface area contributed by atoms with E-state index in [4.69, 9.17) is 4.99 Å². The van der Waals surface area contributed by atoms with Crippen molar-refractivity contribution in [2.45, 2.75) is 39.0 Å². The topological polar surface area (TPSA) is 56.7 Å². The first-order valence-electron chi connectivity index (χ1n) is 9.45. The van der Waals surface area contributed by atoms with Crippen LogP contribution in [0.3, 0.4) is 0 Å². The fourth-order valence-corrected chi connectivity index (χ4v) is 3.56. The van der Waals surface area contributed by atoms with Gasteiger partial charge in [0, 0.05) is 27.2 Å². The highest BCUT2D eigenvalue weighted by molar-refractivity contribution is 14.0. The van der Waals surface area contributed by atoms with Crippen LogP contribution in [0.25, 0.3) is 0 Å². The van der Waals surface area contributed by atoms with Gasteiger partial charge in [0.1, 0.15) is 5.82 Å². The van der Waals surface area contributed by atoms with Crippen LogP contribution in [0.1, 0.15) is 38.2 Å². The predicted octanol–water partition coefficient (Wildman–Crippen LogP) is 3.19. The second-order valence-electron chi connectivity index (χ2n) is 7.19. The third-order valence-electron chi connectivity index (χ3n) is 4.90. The lowest BCUT2D eigenvalue weighted by molar-refractivity contribution is -0.138.